The maximum atomic E-state index is 11.3. The normalized spacial score (nSPS) is 10.3. The standard InChI is InChI=1S/C9H18N2O4/c1-3-11(7-9(13)14)6-8(12)10-4-5-15-2/h3-7H2,1-2H3,(H,10,12)(H,13,14). The fraction of sp³-hybridized carbons (Fsp3) is 0.778. The molecule has 0 saturated carbocycles. The fourth-order valence-corrected chi connectivity index (χ4v) is 1.02. The first-order valence-electron chi connectivity index (χ1n) is 4.80. The number of hydrogen-bond donors (Lipinski definition) is 2. The highest BCUT2D eigenvalue weighted by Gasteiger charge is 2.11. The van der Waals surface area contributed by atoms with Crippen molar-refractivity contribution in [3.8, 4) is 0 Å². The number of likely N-dealkylation sites (N-methyl/N-ethyl adjacent to an activating group) is 1. The Morgan fingerprint density at radius 1 is 1.40 bits per heavy atom. The summed E-state index contributed by atoms with van der Waals surface area (Å²) in [6.45, 7) is 3.23. The summed E-state index contributed by atoms with van der Waals surface area (Å²) in [7, 11) is 1.55. The number of carboxylic acid groups (broad SMARTS) is 1. The summed E-state index contributed by atoms with van der Waals surface area (Å²) in [5.41, 5.74) is 0. The third kappa shape index (κ3) is 7.90. The topological polar surface area (TPSA) is 78.9 Å². The molecule has 0 aromatic heterocycles. The van der Waals surface area contributed by atoms with Gasteiger partial charge in [0.05, 0.1) is 19.7 Å². The molecular formula is C9H18N2O4. The van der Waals surface area contributed by atoms with Gasteiger partial charge in [-0.2, -0.15) is 0 Å². The van der Waals surface area contributed by atoms with Crippen molar-refractivity contribution in [3.63, 3.8) is 0 Å². The van der Waals surface area contributed by atoms with Gasteiger partial charge in [0, 0.05) is 13.7 Å². The molecule has 2 N–H and O–H groups in total. The number of rotatable bonds is 8. The van der Waals surface area contributed by atoms with Crippen molar-refractivity contribution in [1.82, 2.24) is 10.2 Å². The van der Waals surface area contributed by atoms with E-state index in [2.05, 4.69) is 5.32 Å². The van der Waals surface area contributed by atoms with E-state index in [0.29, 0.717) is 19.7 Å². The molecule has 6 nitrogen and oxygen atoms in total. The summed E-state index contributed by atoms with van der Waals surface area (Å²) >= 11 is 0. The van der Waals surface area contributed by atoms with Gasteiger partial charge >= 0.3 is 5.97 Å². The largest absolute Gasteiger partial charge is 0.480 e. The zero-order valence-corrected chi connectivity index (χ0v) is 9.15. The lowest BCUT2D eigenvalue weighted by Gasteiger charge is -2.17. The molecule has 0 radical (unpaired) electrons. The molecular weight excluding hydrogens is 200 g/mol. The van der Waals surface area contributed by atoms with E-state index in [-0.39, 0.29) is 19.0 Å². The average molecular weight is 218 g/mol. The van der Waals surface area contributed by atoms with Crippen LogP contribution in [0.5, 0.6) is 0 Å². The van der Waals surface area contributed by atoms with E-state index < -0.39 is 5.97 Å². The Hall–Kier alpha value is -1.14. The third-order valence-electron chi connectivity index (χ3n) is 1.80. The quantitative estimate of drug-likeness (QED) is 0.519. The summed E-state index contributed by atoms with van der Waals surface area (Å²) in [6, 6.07) is 0. The summed E-state index contributed by atoms with van der Waals surface area (Å²) in [5.74, 6) is -1.11. The predicted molar refractivity (Wildman–Crippen MR) is 54.6 cm³/mol. The molecule has 88 valence electrons. The lowest BCUT2D eigenvalue weighted by molar-refractivity contribution is -0.138. The average Bonchev–Trinajstić information content (AvgIpc) is 2.16. The Balaban J connectivity index is 3.75. The van der Waals surface area contributed by atoms with E-state index >= 15 is 0 Å². The van der Waals surface area contributed by atoms with Gasteiger partial charge in [-0.15, -0.1) is 0 Å². The highest BCUT2D eigenvalue weighted by Crippen LogP contribution is 1.86. The molecule has 0 aromatic carbocycles. The van der Waals surface area contributed by atoms with Crippen LogP contribution in [0, 0.1) is 0 Å². The molecule has 0 aliphatic heterocycles. The first kappa shape index (κ1) is 13.9. The Labute approximate surface area is 89.2 Å². The molecule has 0 saturated heterocycles. The summed E-state index contributed by atoms with van der Waals surface area (Å²) in [5, 5.41) is 11.2. The Bertz CT molecular complexity index is 208. The van der Waals surface area contributed by atoms with E-state index in [1.165, 1.54) is 0 Å². The lowest BCUT2D eigenvalue weighted by Crippen LogP contribution is -2.40. The zero-order valence-electron chi connectivity index (χ0n) is 9.15. The van der Waals surface area contributed by atoms with Crippen molar-refractivity contribution in [1.29, 1.82) is 0 Å². The summed E-state index contributed by atoms with van der Waals surface area (Å²) in [6.07, 6.45) is 0. The van der Waals surface area contributed by atoms with E-state index in [1.54, 1.807) is 12.0 Å². The van der Waals surface area contributed by atoms with Crippen LogP contribution in [0.3, 0.4) is 0 Å². The number of aliphatic carboxylic acids is 1. The van der Waals surface area contributed by atoms with E-state index in [1.807, 2.05) is 6.92 Å². The van der Waals surface area contributed by atoms with Crippen molar-refractivity contribution in [2.75, 3.05) is 39.9 Å². The third-order valence-corrected chi connectivity index (χ3v) is 1.80. The molecule has 1 amide bonds. The minimum atomic E-state index is -0.929. The number of ether oxygens (including phenoxy) is 1. The molecule has 0 bridgehead atoms. The maximum absolute atomic E-state index is 11.3. The first-order valence-corrected chi connectivity index (χ1v) is 4.80. The van der Waals surface area contributed by atoms with Crippen LogP contribution in [0.1, 0.15) is 6.92 Å². The highest BCUT2D eigenvalue weighted by molar-refractivity contribution is 5.78. The maximum Gasteiger partial charge on any atom is 0.317 e. The molecule has 15 heavy (non-hydrogen) atoms. The molecule has 0 heterocycles. The minimum absolute atomic E-state index is 0.104. The monoisotopic (exact) mass is 218 g/mol. The summed E-state index contributed by atoms with van der Waals surface area (Å²) < 4.78 is 4.77. The number of nitrogens with one attached hydrogen (secondary N) is 1. The van der Waals surface area contributed by atoms with Gasteiger partial charge in [-0.05, 0) is 6.54 Å². The van der Waals surface area contributed by atoms with Gasteiger partial charge in [-0.3, -0.25) is 14.5 Å². The number of carboxylic acids is 1. The number of nitrogens with zero attached hydrogens (tertiary/aromatic N) is 1. The van der Waals surface area contributed by atoms with Crippen LogP contribution in [0.4, 0.5) is 0 Å². The first-order chi connectivity index (χ1) is 7.10. The van der Waals surface area contributed by atoms with Gasteiger partial charge in [0.1, 0.15) is 0 Å². The van der Waals surface area contributed by atoms with Gasteiger partial charge in [0.15, 0.2) is 0 Å². The van der Waals surface area contributed by atoms with Crippen LogP contribution in [-0.2, 0) is 14.3 Å². The second kappa shape index (κ2) is 8.19. The Kier molecular flexibility index (Phi) is 7.57. The molecule has 0 unspecified atom stereocenters. The van der Waals surface area contributed by atoms with Crippen LogP contribution in [-0.4, -0.2) is 61.8 Å². The Morgan fingerprint density at radius 3 is 2.53 bits per heavy atom. The molecule has 0 aliphatic rings. The summed E-state index contributed by atoms with van der Waals surface area (Å²) in [4.78, 5) is 23.2. The molecule has 0 atom stereocenters. The smallest absolute Gasteiger partial charge is 0.317 e. The zero-order chi connectivity index (χ0) is 11.7. The van der Waals surface area contributed by atoms with Crippen molar-refractivity contribution < 1.29 is 19.4 Å². The van der Waals surface area contributed by atoms with Crippen molar-refractivity contribution in [2.45, 2.75) is 6.92 Å². The van der Waals surface area contributed by atoms with Crippen LogP contribution in [0.25, 0.3) is 0 Å². The molecule has 0 fully saturated rings. The molecule has 0 aliphatic carbocycles. The molecule has 0 aromatic rings. The van der Waals surface area contributed by atoms with Gasteiger partial charge in [-0.25, -0.2) is 0 Å². The van der Waals surface area contributed by atoms with Crippen molar-refractivity contribution in [3.05, 3.63) is 0 Å². The predicted octanol–water partition coefficient (Wildman–Crippen LogP) is -0.844. The van der Waals surface area contributed by atoms with Crippen molar-refractivity contribution >= 4 is 11.9 Å². The van der Waals surface area contributed by atoms with E-state index in [4.69, 9.17) is 9.84 Å². The highest BCUT2D eigenvalue weighted by atomic mass is 16.5. The van der Waals surface area contributed by atoms with E-state index in [9.17, 15) is 9.59 Å². The SMILES string of the molecule is CCN(CC(=O)O)CC(=O)NCCOC. The van der Waals surface area contributed by atoms with E-state index in [0.717, 1.165) is 0 Å². The van der Waals surface area contributed by atoms with Crippen molar-refractivity contribution in [2.24, 2.45) is 0 Å². The second-order valence-corrected chi connectivity index (χ2v) is 3.04. The van der Waals surface area contributed by atoms with Crippen LogP contribution >= 0.6 is 0 Å². The number of methoxy groups -OCH3 is 1. The number of carbonyl (C=O) groups excluding carboxylic acids is 1. The molecule has 0 spiro atoms. The lowest BCUT2D eigenvalue weighted by atomic mass is 10.4. The van der Waals surface area contributed by atoms with Crippen LogP contribution in [0.15, 0.2) is 0 Å². The van der Waals surface area contributed by atoms with Crippen LogP contribution < -0.4 is 5.32 Å². The Morgan fingerprint density at radius 2 is 2.07 bits per heavy atom. The fourth-order valence-electron chi connectivity index (χ4n) is 1.02. The number of carbonyl (C=O) groups is 2. The van der Waals surface area contributed by atoms with Gasteiger partial charge in [0.25, 0.3) is 0 Å². The second-order valence-electron chi connectivity index (χ2n) is 3.04. The molecule has 6 heteroatoms. The number of hydrogen-bond acceptors (Lipinski definition) is 4. The van der Waals surface area contributed by atoms with Gasteiger partial charge < -0.3 is 15.2 Å². The van der Waals surface area contributed by atoms with Crippen LogP contribution in [0.2, 0.25) is 0 Å². The van der Waals surface area contributed by atoms with Gasteiger partial charge in [0.2, 0.25) is 5.91 Å². The molecule has 0 rings (SSSR count). The number of amides is 1. The van der Waals surface area contributed by atoms with Gasteiger partial charge in [-0.1, -0.05) is 6.92 Å². The minimum Gasteiger partial charge on any atom is -0.480 e.